The van der Waals surface area contributed by atoms with E-state index in [1.165, 1.54) is 23.7 Å². The van der Waals surface area contributed by atoms with Crippen LogP contribution in [0, 0.1) is 5.82 Å². The number of carbonyl (C=O) groups excluding carboxylic acids is 1. The van der Waals surface area contributed by atoms with Crippen molar-refractivity contribution < 1.29 is 9.18 Å². The average Bonchev–Trinajstić information content (AvgIpc) is 3.10. The van der Waals surface area contributed by atoms with Crippen LogP contribution in [0.15, 0.2) is 54.7 Å². The summed E-state index contributed by atoms with van der Waals surface area (Å²) in [6.07, 6.45) is 1.55. The van der Waals surface area contributed by atoms with E-state index in [0.717, 1.165) is 11.3 Å². The number of nitrogens with zero attached hydrogens (tertiary/aromatic N) is 5. The fourth-order valence-corrected chi connectivity index (χ4v) is 2.68. The van der Waals surface area contributed by atoms with Gasteiger partial charge in [-0.3, -0.25) is 4.79 Å². The molecule has 0 bridgehead atoms. The molecule has 0 aliphatic heterocycles. The Labute approximate surface area is 159 Å². The summed E-state index contributed by atoms with van der Waals surface area (Å²) in [6, 6.07) is 13.6. The second-order valence-corrected chi connectivity index (χ2v) is 6.12. The Morgan fingerprint density at radius 2 is 2.04 bits per heavy atom. The van der Waals surface area contributed by atoms with Crippen LogP contribution in [0.25, 0.3) is 16.9 Å². The number of hydrogen-bond acceptors (Lipinski definition) is 6. The second kappa shape index (κ2) is 7.39. The van der Waals surface area contributed by atoms with Gasteiger partial charge < -0.3 is 10.6 Å². The van der Waals surface area contributed by atoms with Crippen molar-refractivity contribution in [2.75, 3.05) is 5.32 Å². The van der Waals surface area contributed by atoms with Gasteiger partial charge in [-0.15, -0.1) is 5.10 Å². The Kier molecular flexibility index (Phi) is 4.63. The largest absolute Gasteiger partial charge is 0.352 e. The van der Waals surface area contributed by atoms with Crippen LogP contribution in [0.5, 0.6) is 0 Å². The van der Waals surface area contributed by atoms with E-state index in [-0.39, 0.29) is 11.7 Å². The summed E-state index contributed by atoms with van der Waals surface area (Å²) in [5.74, 6) is -0.112. The van der Waals surface area contributed by atoms with Gasteiger partial charge in [0.1, 0.15) is 5.82 Å². The number of nitrogens with one attached hydrogen (secondary N) is 2. The molecular weight excluding hydrogens is 361 g/mol. The third kappa shape index (κ3) is 3.78. The summed E-state index contributed by atoms with van der Waals surface area (Å²) in [7, 11) is 0. The van der Waals surface area contributed by atoms with Gasteiger partial charge in [0.2, 0.25) is 11.9 Å². The van der Waals surface area contributed by atoms with Crippen LogP contribution in [0.3, 0.4) is 0 Å². The number of carbonyl (C=O) groups is 1. The number of fused-ring (bicyclic) bond motifs is 1. The highest BCUT2D eigenvalue weighted by atomic mass is 19.1. The Morgan fingerprint density at radius 3 is 2.86 bits per heavy atom. The van der Waals surface area contributed by atoms with Crippen LogP contribution >= 0.6 is 0 Å². The zero-order chi connectivity index (χ0) is 19.5. The molecule has 2 N–H and O–H groups in total. The molecule has 28 heavy (non-hydrogen) atoms. The first-order valence-electron chi connectivity index (χ1n) is 8.53. The number of amides is 1. The van der Waals surface area contributed by atoms with Gasteiger partial charge in [0.25, 0.3) is 0 Å². The van der Waals surface area contributed by atoms with E-state index in [0.29, 0.717) is 29.3 Å². The summed E-state index contributed by atoms with van der Waals surface area (Å²) in [6.45, 7) is 1.90. The summed E-state index contributed by atoms with van der Waals surface area (Å²) < 4.78 is 15.0. The van der Waals surface area contributed by atoms with E-state index < -0.39 is 0 Å². The maximum absolute atomic E-state index is 13.5. The zero-order valence-corrected chi connectivity index (χ0v) is 14.9. The fourth-order valence-electron chi connectivity index (χ4n) is 2.68. The van der Waals surface area contributed by atoms with Crippen LogP contribution in [-0.2, 0) is 11.3 Å². The number of hydrogen-bond donors (Lipinski definition) is 2. The van der Waals surface area contributed by atoms with Crippen LogP contribution < -0.4 is 10.6 Å². The lowest BCUT2D eigenvalue weighted by Crippen LogP contribution is -2.18. The normalized spacial score (nSPS) is 10.8. The maximum Gasteiger partial charge on any atom is 0.229 e. The fraction of sp³-hybridized carbons (Fsp3) is 0.105. The van der Waals surface area contributed by atoms with Crippen molar-refractivity contribution in [2.24, 2.45) is 0 Å². The van der Waals surface area contributed by atoms with Crippen molar-refractivity contribution in [3.63, 3.8) is 0 Å². The van der Waals surface area contributed by atoms with Crippen molar-refractivity contribution >= 4 is 28.7 Å². The van der Waals surface area contributed by atoms with E-state index in [4.69, 9.17) is 0 Å². The van der Waals surface area contributed by atoms with Crippen molar-refractivity contribution in [1.82, 2.24) is 30.3 Å². The van der Waals surface area contributed by atoms with Gasteiger partial charge in [0.05, 0.1) is 11.9 Å². The molecule has 0 saturated carbocycles. The topological polar surface area (TPSA) is 97.6 Å². The summed E-state index contributed by atoms with van der Waals surface area (Å²) in [4.78, 5) is 19.8. The number of aromatic nitrogens is 5. The molecule has 2 heterocycles. The summed E-state index contributed by atoms with van der Waals surface area (Å²) >= 11 is 0. The molecule has 8 nitrogen and oxygen atoms in total. The Morgan fingerprint density at radius 1 is 1.18 bits per heavy atom. The lowest BCUT2D eigenvalue weighted by atomic mass is 10.2. The van der Waals surface area contributed by atoms with Crippen molar-refractivity contribution in [3.05, 3.63) is 66.1 Å². The van der Waals surface area contributed by atoms with E-state index in [9.17, 15) is 9.18 Å². The quantitative estimate of drug-likeness (QED) is 0.555. The number of halogens is 1. The van der Waals surface area contributed by atoms with Gasteiger partial charge >= 0.3 is 0 Å². The summed E-state index contributed by atoms with van der Waals surface area (Å²) in [5.41, 5.74) is 3.18. The molecule has 0 fully saturated rings. The Hall–Kier alpha value is -3.88. The Balaban J connectivity index is 1.62. The molecule has 2 aromatic heterocycles. The standard InChI is InChI=1S/C19H16FN7O/c1-12(28)21-10-13-4-2-6-15(8-13)23-19-22-11-17-18(24-19)27(26-25-17)16-7-3-5-14(20)9-16/h2-9,11H,10H2,1H3,(H,21,28)(H,22,23,24). The van der Waals surface area contributed by atoms with Gasteiger partial charge in [-0.1, -0.05) is 23.4 Å². The van der Waals surface area contributed by atoms with E-state index in [1.807, 2.05) is 24.3 Å². The van der Waals surface area contributed by atoms with Gasteiger partial charge in [0, 0.05) is 19.2 Å². The molecule has 140 valence electrons. The van der Waals surface area contributed by atoms with Crippen molar-refractivity contribution in [3.8, 4) is 5.69 Å². The zero-order valence-electron chi connectivity index (χ0n) is 14.9. The van der Waals surface area contributed by atoms with Gasteiger partial charge in [0.15, 0.2) is 11.2 Å². The highest BCUT2D eigenvalue weighted by molar-refractivity contribution is 5.73. The Bertz CT molecular complexity index is 1160. The van der Waals surface area contributed by atoms with E-state index in [1.54, 1.807) is 18.3 Å². The minimum Gasteiger partial charge on any atom is -0.352 e. The molecule has 0 saturated heterocycles. The molecule has 1 amide bonds. The van der Waals surface area contributed by atoms with Crippen LogP contribution in [-0.4, -0.2) is 30.9 Å². The molecule has 9 heteroatoms. The van der Waals surface area contributed by atoms with Crippen LogP contribution in [0.4, 0.5) is 16.0 Å². The lowest BCUT2D eigenvalue weighted by Gasteiger charge is -2.08. The molecule has 4 aromatic rings. The van der Waals surface area contributed by atoms with Gasteiger partial charge in [-0.05, 0) is 35.9 Å². The van der Waals surface area contributed by atoms with Gasteiger partial charge in [-0.2, -0.15) is 9.67 Å². The molecule has 0 radical (unpaired) electrons. The highest BCUT2D eigenvalue weighted by Gasteiger charge is 2.11. The monoisotopic (exact) mass is 377 g/mol. The molecule has 0 unspecified atom stereocenters. The number of anilines is 2. The number of benzene rings is 2. The minimum absolute atomic E-state index is 0.0924. The number of rotatable bonds is 5. The van der Waals surface area contributed by atoms with Crippen molar-refractivity contribution in [2.45, 2.75) is 13.5 Å². The molecule has 0 aliphatic rings. The first kappa shape index (κ1) is 17.5. The molecule has 2 aromatic carbocycles. The lowest BCUT2D eigenvalue weighted by molar-refractivity contribution is -0.119. The maximum atomic E-state index is 13.5. The third-order valence-electron chi connectivity index (χ3n) is 3.97. The second-order valence-electron chi connectivity index (χ2n) is 6.12. The SMILES string of the molecule is CC(=O)NCc1cccc(Nc2ncc3nnn(-c4cccc(F)c4)c3n2)c1. The van der Waals surface area contributed by atoms with E-state index >= 15 is 0 Å². The van der Waals surface area contributed by atoms with Gasteiger partial charge in [-0.25, -0.2) is 9.37 Å². The predicted molar refractivity (Wildman–Crippen MR) is 102 cm³/mol. The minimum atomic E-state index is -0.371. The highest BCUT2D eigenvalue weighted by Crippen LogP contribution is 2.19. The average molecular weight is 377 g/mol. The molecule has 0 spiro atoms. The predicted octanol–water partition coefficient (Wildman–Crippen LogP) is 2.73. The van der Waals surface area contributed by atoms with Crippen molar-refractivity contribution in [1.29, 1.82) is 0 Å². The van der Waals surface area contributed by atoms with E-state index in [2.05, 4.69) is 30.9 Å². The first-order chi connectivity index (χ1) is 13.6. The molecular formula is C19H16FN7O. The molecule has 0 atom stereocenters. The van der Waals surface area contributed by atoms with Crippen LogP contribution in [0.1, 0.15) is 12.5 Å². The third-order valence-corrected chi connectivity index (χ3v) is 3.97. The first-order valence-corrected chi connectivity index (χ1v) is 8.53. The summed E-state index contributed by atoms with van der Waals surface area (Å²) in [5, 5.41) is 13.9. The molecule has 0 aliphatic carbocycles. The smallest absolute Gasteiger partial charge is 0.229 e. The molecule has 4 rings (SSSR count). The van der Waals surface area contributed by atoms with Crippen LogP contribution in [0.2, 0.25) is 0 Å².